The molecule has 0 aliphatic rings. The fourth-order valence-electron chi connectivity index (χ4n) is 2.07. The smallest absolute Gasteiger partial charge is 0.356 e. The summed E-state index contributed by atoms with van der Waals surface area (Å²) in [4.78, 5) is 23.4. The van der Waals surface area contributed by atoms with Gasteiger partial charge in [0.1, 0.15) is 6.61 Å². The third-order valence-corrected chi connectivity index (χ3v) is 3.03. The Bertz CT molecular complexity index is 676. The maximum atomic E-state index is 11.9. The number of carbonyl (C=O) groups is 1. The van der Waals surface area contributed by atoms with Crippen LogP contribution in [0.25, 0.3) is 0 Å². The van der Waals surface area contributed by atoms with E-state index in [1.54, 1.807) is 0 Å². The number of aromatic carboxylic acids is 1. The van der Waals surface area contributed by atoms with Gasteiger partial charge in [-0.3, -0.25) is 4.79 Å². The molecule has 5 heteroatoms. The molecule has 0 unspecified atom stereocenters. The normalized spacial score (nSPS) is 10.3. The summed E-state index contributed by atoms with van der Waals surface area (Å²) in [5, 5.41) is 9.36. The van der Waals surface area contributed by atoms with E-state index in [4.69, 9.17) is 4.74 Å². The van der Waals surface area contributed by atoms with Crippen molar-refractivity contribution in [1.29, 1.82) is 0 Å². The van der Waals surface area contributed by atoms with Crippen molar-refractivity contribution >= 4 is 5.97 Å². The lowest BCUT2D eigenvalue weighted by molar-refractivity contribution is 0.0677. The summed E-state index contributed by atoms with van der Waals surface area (Å²) in [6.07, 6.45) is 2.26. The van der Waals surface area contributed by atoms with E-state index < -0.39 is 11.4 Å². The van der Waals surface area contributed by atoms with Crippen molar-refractivity contribution in [1.82, 2.24) is 4.57 Å². The van der Waals surface area contributed by atoms with E-state index in [0.29, 0.717) is 6.54 Å². The lowest BCUT2D eigenvalue weighted by Crippen LogP contribution is -2.20. The zero-order valence-corrected chi connectivity index (χ0v) is 11.8. The Morgan fingerprint density at radius 1 is 1.24 bits per heavy atom. The molecule has 1 aromatic heterocycles. The van der Waals surface area contributed by atoms with Crippen LogP contribution in [0, 0.1) is 0 Å². The Balaban J connectivity index is 2.35. The molecule has 1 heterocycles. The van der Waals surface area contributed by atoms with Crippen LogP contribution in [0.2, 0.25) is 0 Å². The van der Waals surface area contributed by atoms with Gasteiger partial charge in [0.05, 0.1) is 0 Å². The highest BCUT2D eigenvalue weighted by atomic mass is 16.5. The number of hydrogen-bond donors (Lipinski definition) is 1. The highest BCUT2D eigenvalue weighted by Gasteiger charge is 2.19. The average Bonchev–Trinajstić information content (AvgIpc) is 2.48. The van der Waals surface area contributed by atoms with Crippen molar-refractivity contribution in [2.45, 2.75) is 26.5 Å². The van der Waals surface area contributed by atoms with Gasteiger partial charge in [0, 0.05) is 18.8 Å². The summed E-state index contributed by atoms with van der Waals surface area (Å²) in [6.45, 7) is 2.62. The summed E-state index contributed by atoms with van der Waals surface area (Å²) >= 11 is 0. The molecule has 2 aromatic rings. The predicted molar refractivity (Wildman–Crippen MR) is 78.7 cm³/mol. The summed E-state index contributed by atoms with van der Waals surface area (Å²) < 4.78 is 7.02. The van der Waals surface area contributed by atoms with Crippen LogP contribution in [0.3, 0.4) is 0 Å². The Morgan fingerprint density at radius 2 is 1.95 bits per heavy atom. The molecule has 5 nitrogen and oxygen atoms in total. The highest BCUT2D eigenvalue weighted by Crippen LogP contribution is 2.16. The average molecular weight is 287 g/mol. The number of aromatic nitrogens is 1. The second-order valence-corrected chi connectivity index (χ2v) is 4.63. The van der Waals surface area contributed by atoms with Crippen LogP contribution in [-0.4, -0.2) is 15.6 Å². The van der Waals surface area contributed by atoms with Crippen LogP contribution >= 0.6 is 0 Å². The van der Waals surface area contributed by atoms with Crippen LogP contribution in [0.4, 0.5) is 0 Å². The van der Waals surface area contributed by atoms with Crippen molar-refractivity contribution < 1.29 is 14.6 Å². The van der Waals surface area contributed by atoms with Crippen molar-refractivity contribution in [2.24, 2.45) is 0 Å². The van der Waals surface area contributed by atoms with Gasteiger partial charge in [-0.15, -0.1) is 0 Å². The number of aryl methyl sites for hydroxylation is 1. The molecule has 110 valence electrons. The topological polar surface area (TPSA) is 68.5 Å². The van der Waals surface area contributed by atoms with E-state index >= 15 is 0 Å². The fraction of sp³-hybridized carbons (Fsp3) is 0.250. The monoisotopic (exact) mass is 287 g/mol. The first-order valence-electron chi connectivity index (χ1n) is 6.77. The zero-order valence-electron chi connectivity index (χ0n) is 11.8. The largest absolute Gasteiger partial charge is 0.482 e. The molecular formula is C16H17NO4. The van der Waals surface area contributed by atoms with Gasteiger partial charge in [-0.2, -0.15) is 0 Å². The molecule has 0 amide bonds. The van der Waals surface area contributed by atoms with Gasteiger partial charge in [-0.25, -0.2) is 4.79 Å². The maximum Gasteiger partial charge on any atom is 0.356 e. The molecule has 21 heavy (non-hydrogen) atoms. The number of nitrogens with zero attached hydrogens (tertiary/aromatic N) is 1. The molecule has 0 saturated heterocycles. The second-order valence-electron chi connectivity index (χ2n) is 4.63. The molecular weight excluding hydrogens is 270 g/mol. The van der Waals surface area contributed by atoms with Crippen LogP contribution in [0.5, 0.6) is 5.75 Å². The third-order valence-electron chi connectivity index (χ3n) is 3.03. The third kappa shape index (κ3) is 3.51. The number of ether oxygens (including phenoxy) is 1. The van der Waals surface area contributed by atoms with Crippen LogP contribution in [0.15, 0.2) is 47.4 Å². The Morgan fingerprint density at radius 3 is 2.57 bits per heavy atom. The van der Waals surface area contributed by atoms with Crippen molar-refractivity contribution in [3.63, 3.8) is 0 Å². The van der Waals surface area contributed by atoms with Crippen molar-refractivity contribution in [3.05, 3.63) is 64.1 Å². The SMILES string of the molecule is CCCn1ccc(=O)c(OCc2ccccc2)c1C(=O)O. The molecule has 0 bridgehead atoms. The Labute approximate surface area is 122 Å². The maximum absolute atomic E-state index is 11.9. The van der Waals surface area contributed by atoms with Gasteiger partial charge in [0.15, 0.2) is 11.4 Å². The first-order chi connectivity index (χ1) is 10.1. The van der Waals surface area contributed by atoms with Crippen LogP contribution < -0.4 is 10.2 Å². The van der Waals surface area contributed by atoms with Crippen LogP contribution in [-0.2, 0) is 13.2 Å². The van der Waals surface area contributed by atoms with E-state index in [-0.39, 0.29) is 18.1 Å². The van der Waals surface area contributed by atoms with Gasteiger partial charge < -0.3 is 14.4 Å². The van der Waals surface area contributed by atoms with Gasteiger partial charge in [-0.1, -0.05) is 37.3 Å². The van der Waals surface area contributed by atoms with E-state index in [0.717, 1.165) is 12.0 Å². The van der Waals surface area contributed by atoms with E-state index in [9.17, 15) is 14.7 Å². The van der Waals surface area contributed by atoms with Gasteiger partial charge in [0.2, 0.25) is 5.43 Å². The standard InChI is InChI=1S/C16H17NO4/c1-2-9-17-10-8-13(18)15(14(17)16(19)20)21-11-12-6-4-3-5-7-12/h3-8,10H,2,9,11H2,1H3,(H,19,20). The lowest BCUT2D eigenvalue weighted by Gasteiger charge is -2.14. The first-order valence-corrected chi connectivity index (χ1v) is 6.77. The second kappa shape index (κ2) is 6.74. The predicted octanol–water partition coefficient (Wildman–Crippen LogP) is 2.54. The van der Waals surface area contributed by atoms with Gasteiger partial charge >= 0.3 is 5.97 Å². The summed E-state index contributed by atoms with van der Waals surface area (Å²) in [7, 11) is 0. The Kier molecular flexibility index (Phi) is 4.77. The number of benzene rings is 1. The molecule has 0 aliphatic heterocycles. The first kappa shape index (κ1) is 14.8. The van der Waals surface area contributed by atoms with E-state index in [1.165, 1.54) is 16.8 Å². The van der Waals surface area contributed by atoms with E-state index in [2.05, 4.69) is 0 Å². The number of rotatable bonds is 6. The summed E-state index contributed by atoms with van der Waals surface area (Å²) in [5.41, 5.74) is 0.357. The molecule has 0 atom stereocenters. The molecule has 0 saturated carbocycles. The van der Waals surface area contributed by atoms with Gasteiger partial charge in [0.25, 0.3) is 0 Å². The zero-order chi connectivity index (χ0) is 15.2. The Hall–Kier alpha value is -2.56. The molecule has 0 fully saturated rings. The van der Waals surface area contributed by atoms with E-state index in [1.807, 2.05) is 37.3 Å². The van der Waals surface area contributed by atoms with Crippen LogP contribution in [0.1, 0.15) is 29.4 Å². The molecule has 1 N–H and O–H groups in total. The molecule has 0 aliphatic carbocycles. The molecule has 1 aromatic carbocycles. The van der Waals surface area contributed by atoms with Crippen molar-refractivity contribution in [2.75, 3.05) is 0 Å². The summed E-state index contributed by atoms with van der Waals surface area (Å²) in [6, 6.07) is 10.6. The van der Waals surface area contributed by atoms with Gasteiger partial charge in [-0.05, 0) is 12.0 Å². The minimum atomic E-state index is -1.16. The number of hydrogen-bond acceptors (Lipinski definition) is 3. The highest BCUT2D eigenvalue weighted by molar-refractivity contribution is 5.88. The lowest BCUT2D eigenvalue weighted by atomic mass is 10.2. The number of pyridine rings is 1. The number of carboxylic acids is 1. The molecule has 0 spiro atoms. The fourth-order valence-corrected chi connectivity index (χ4v) is 2.07. The quantitative estimate of drug-likeness (QED) is 0.886. The van der Waals surface area contributed by atoms with Crippen molar-refractivity contribution in [3.8, 4) is 5.75 Å². The molecule has 2 rings (SSSR count). The molecule has 0 radical (unpaired) electrons. The summed E-state index contributed by atoms with van der Waals surface area (Å²) in [5.74, 6) is -1.27. The number of carboxylic acid groups (broad SMARTS) is 1. The minimum Gasteiger partial charge on any atom is -0.482 e. The minimum absolute atomic E-state index is 0.0970.